The Morgan fingerprint density at radius 1 is 1.05 bits per heavy atom. The van der Waals surface area contributed by atoms with Crippen molar-refractivity contribution in [2.24, 2.45) is 5.92 Å². The van der Waals surface area contributed by atoms with E-state index in [0.29, 0.717) is 6.42 Å². The largest absolute Gasteiger partial charge is 0.479 e. The zero-order chi connectivity index (χ0) is 27.6. The van der Waals surface area contributed by atoms with Gasteiger partial charge < -0.3 is 14.2 Å². The molecule has 0 spiro atoms. The Hall–Kier alpha value is -3.24. The first-order valence-corrected chi connectivity index (χ1v) is 13.2. The molecule has 1 aliphatic rings. The van der Waals surface area contributed by atoms with Crippen LogP contribution in [0.15, 0.2) is 18.7 Å². The number of nitrogens with one attached hydrogen (secondary N) is 1. The molecule has 3 aromatic heterocycles. The van der Waals surface area contributed by atoms with Crippen molar-refractivity contribution in [2.45, 2.75) is 43.5 Å². The van der Waals surface area contributed by atoms with Crippen molar-refractivity contribution in [3.8, 4) is 17.4 Å². The summed E-state index contributed by atoms with van der Waals surface area (Å²) in [5.74, 6) is -1.84. The summed E-state index contributed by atoms with van der Waals surface area (Å²) in [5, 5.41) is 7.12. The predicted molar refractivity (Wildman–Crippen MR) is 130 cm³/mol. The first-order valence-electron chi connectivity index (χ1n) is 11.3. The van der Waals surface area contributed by atoms with Crippen LogP contribution in [0.2, 0.25) is 5.02 Å². The van der Waals surface area contributed by atoms with Crippen LogP contribution in [0.3, 0.4) is 0 Å². The molecule has 1 aliphatic carbocycles. The van der Waals surface area contributed by atoms with Crippen LogP contribution in [0.25, 0.3) is 5.69 Å². The van der Waals surface area contributed by atoms with Crippen molar-refractivity contribution < 1.29 is 31.4 Å². The van der Waals surface area contributed by atoms with E-state index in [1.807, 2.05) is 0 Å². The molecular weight excluding hydrogens is 550 g/mol. The fourth-order valence-electron chi connectivity index (χ4n) is 4.17. The van der Waals surface area contributed by atoms with Crippen LogP contribution in [0.4, 0.5) is 14.7 Å². The van der Waals surface area contributed by atoms with Gasteiger partial charge in [-0.2, -0.15) is 9.97 Å². The smallest absolute Gasteiger partial charge is 0.245 e. The van der Waals surface area contributed by atoms with Gasteiger partial charge in [-0.1, -0.05) is 11.6 Å². The third kappa shape index (κ3) is 5.19. The molecular formula is C21H25ClF2N8O5S. The Labute approximate surface area is 222 Å². The summed E-state index contributed by atoms with van der Waals surface area (Å²) in [6.07, 6.45) is 0.807. The number of anilines is 1. The summed E-state index contributed by atoms with van der Waals surface area (Å²) in [5.41, 5.74) is 0.0482. The molecule has 13 nitrogen and oxygen atoms in total. The van der Waals surface area contributed by atoms with Gasteiger partial charge in [-0.15, -0.1) is 10.2 Å². The standard InChI is InChI=1S/C21H25ClF2N8O5S/c1-10(15(35-2)17-25-7-11(22)8-26-17)38(33,34)31-21-30-29-18(13-6-5-12(13)16(23)24)32(21)14-19(36-3)27-9-28-20(14)37-4/h7-10,12-13,15-16H,5-6H2,1-4H3,(H,30,31)/t10?,12-,13-,15?/m1/s1. The minimum atomic E-state index is -4.27. The number of hydrogen-bond acceptors (Lipinski definition) is 11. The van der Waals surface area contributed by atoms with E-state index in [1.54, 1.807) is 0 Å². The monoisotopic (exact) mass is 574 g/mol. The lowest BCUT2D eigenvalue weighted by Gasteiger charge is -2.35. The van der Waals surface area contributed by atoms with E-state index in [9.17, 15) is 17.2 Å². The third-order valence-electron chi connectivity index (χ3n) is 6.33. The van der Waals surface area contributed by atoms with Crippen molar-refractivity contribution in [3.05, 3.63) is 35.4 Å². The molecule has 0 aliphatic heterocycles. The number of nitrogens with zero attached hydrogens (tertiary/aromatic N) is 7. The fraction of sp³-hybridized carbons (Fsp3) is 0.524. The minimum Gasteiger partial charge on any atom is -0.479 e. The molecule has 3 heterocycles. The molecule has 1 fully saturated rings. The predicted octanol–water partition coefficient (Wildman–Crippen LogP) is 2.79. The van der Waals surface area contributed by atoms with Gasteiger partial charge in [0.2, 0.25) is 34.2 Å². The number of rotatable bonds is 11. The molecule has 0 aromatic carbocycles. The molecule has 38 heavy (non-hydrogen) atoms. The van der Waals surface area contributed by atoms with E-state index in [0.717, 1.165) is 0 Å². The molecule has 2 unspecified atom stereocenters. The van der Waals surface area contributed by atoms with Gasteiger partial charge in [0, 0.05) is 31.3 Å². The second kappa shape index (κ2) is 11.2. The van der Waals surface area contributed by atoms with Crippen molar-refractivity contribution in [1.82, 2.24) is 34.7 Å². The Balaban J connectivity index is 1.79. The van der Waals surface area contributed by atoms with Crippen LogP contribution in [-0.4, -0.2) is 76.1 Å². The van der Waals surface area contributed by atoms with Crippen molar-refractivity contribution >= 4 is 27.6 Å². The first kappa shape index (κ1) is 27.8. The maximum absolute atomic E-state index is 13.7. The highest BCUT2D eigenvalue weighted by Crippen LogP contribution is 2.47. The summed E-state index contributed by atoms with van der Waals surface area (Å²) < 4.78 is 74.0. The van der Waals surface area contributed by atoms with Gasteiger partial charge in [0.15, 0.2) is 11.5 Å². The van der Waals surface area contributed by atoms with Gasteiger partial charge in [-0.3, -0.25) is 9.29 Å². The Morgan fingerprint density at radius 3 is 2.18 bits per heavy atom. The third-order valence-corrected chi connectivity index (χ3v) is 8.22. The highest BCUT2D eigenvalue weighted by Gasteiger charge is 2.43. The second-order valence-corrected chi connectivity index (χ2v) is 10.9. The summed E-state index contributed by atoms with van der Waals surface area (Å²) in [7, 11) is -0.282. The van der Waals surface area contributed by atoms with Gasteiger partial charge >= 0.3 is 0 Å². The number of sulfonamides is 1. The van der Waals surface area contributed by atoms with Gasteiger partial charge in [0.25, 0.3) is 0 Å². The molecule has 4 atom stereocenters. The topological polar surface area (TPSA) is 156 Å². The Kier molecular flexibility index (Phi) is 8.22. The maximum Gasteiger partial charge on any atom is 0.245 e. The lowest BCUT2D eigenvalue weighted by atomic mass is 9.73. The lowest BCUT2D eigenvalue weighted by molar-refractivity contribution is 0.0139. The number of ether oxygens (including phenoxy) is 3. The molecule has 0 amide bonds. The van der Waals surface area contributed by atoms with Gasteiger partial charge in [0.05, 0.1) is 19.2 Å². The van der Waals surface area contributed by atoms with E-state index in [4.69, 9.17) is 25.8 Å². The SMILES string of the molecule is COc1ncnc(OC)c1-n1c(NS(=O)(=O)C(C)C(OC)c2ncc(Cl)cn2)nnc1[C@@H]1CC[C@H]1C(F)F. The highest BCUT2D eigenvalue weighted by molar-refractivity contribution is 7.93. The van der Waals surface area contributed by atoms with E-state index in [2.05, 4.69) is 34.9 Å². The number of alkyl halides is 2. The number of halogens is 3. The summed E-state index contributed by atoms with van der Waals surface area (Å²) in [6.45, 7) is 1.39. The number of methoxy groups -OCH3 is 3. The maximum atomic E-state index is 13.7. The lowest BCUT2D eigenvalue weighted by Crippen LogP contribution is -2.34. The van der Waals surface area contributed by atoms with Gasteiger partial charge in [-0.25, -0.2) is 27.2 Å². The molecule has 0 saturated heterocycles. The normalized spacial score (nSPS) is 19.1. The quantitative estimate of drug-likeness (QED) is 0.359. The van der Waals surface area contributed by atoms with Crippen LogP contribution < -0.4 is 14.2 Å². The molecule has 1 N–H and O–H groups in total. The molecule has 0 radical (unpaired) electrons. The highest BCUT2D eigenvalue weighted by atomic mass is 35.5. The first-order chi connectivity index (χ1) is 18.1. The zero-order valence-electron chi connectivity index (χ0n) is 20.7. The zero-order valence-corrected chi connectivity index (χ0v) is 22.3. The van der Waals surface area contributed by atoms with E-state index in [-0.39, 0.29) is 46.5 Å². The van der Waals surface area contributed by atoms with Crippen LogP contribution in [0.5, 0.6) is 11.8 Å². The summed E-state index contributed by atoms with van der Waals surface area (Å²) >= 11 is 5.84. The molecule has 3 aromatic rings. The van der Waals surface area contributed by atoms with E-state index in [1.165, 1.54) is 51.5 Å². The van der Waals surface area contributed by atoms with Gasteiger partial charge in [-0.05, 0) is 19.8 Å². The van der Waals surface area contributed by atoms with Crippen LogP contribution in [0.1, 0.15) is 43.4 Å². The molecule has 206 valence electrons. The van der Waals surface area contributed by atoms with Crippen LogP contribution >= 0.6 is 11.6 Å². The number of aromatic nitrogens is 7. The van der Waals surface area contributed by atoms with Crippen molar-refractivity contribution in [3.63, 3.8) is 0 Å². The molecule has 4 rings (SSSR count). The van der Waals surface area contributed by atoms with Crippen LogP contribution in [0, 0.1) is 5.92 Å². The fourth-order valence-corrected chi connectivity index (χ4v) is 5.40. The Morgan fingerprint density at radius 2 is 1.68 bits per heavy atom. The van der Waals surface area contributed by atoms with Crippen LogP contribution in [-0.2, 0) is 14.8 Å². The molecule has 17 heteroatoms. The van der Waals surface area contributed by atoms with E-state index >= 15 is 0 Å². The van der Waals surface area contributed by atoms with Gasteiger partial charge in [0.1, 0.15) is 23.5 Å². The molecule has 0 bridgehead atoms. The Bertz CT molecular complexity index is 1360. The number of hydrogen-bond donors (Lipinski definition) is 1. The van der Waals surface area contributed by atoms with Crippen molar-refractivity contribution in [1.29, 1.82) is 0 Å². The second-order valence-electron chi connectivity index (χ2n) is 8.41. The average Bonchev–Trinajstić information content (AvgIpc) is 3.25. The minimum absolute atomic E-state index is 0.0105. The summed E-state index contributed by atoms with van der Waals surface area (Å²) in [4.78, 5) is 16.2. The average molecular weight is 575 g/mol. The summed E-state index contributed by atoms with van der Waals surface area (Å²) in [6, 6.07) is 0. The van der Waals surface area contributed by atoms with Crippen molar-refractivity contribution in [2.75, 3.05) is 26.1 Å². The van der Waals surface area contributed by atoms with E-state index < -0.39 is 39.6 Å². The molecule has 1 saturated carbocycles.